The zero-order chi connectivity index (χ0) is 8.43. The molecule has 0 atom stereocenters. The molecule has 0 spiro atoms. The Hall–Kier alpha value is -0.900. The van der Waals surface area contributed by atoms with Crippen molar-refractivity contribution >= 4 is 11.7 Å². The molecule has 0 aromatic heterocycles. The molecule has 62 valence electrons. The van der Waals surface area contributed by atoms with E-state index < -0.39 is 0 Å². The van der Waals surface area contributed by atoms with Gasteiger partial charge in [0.1, 0.15) is 11.7 Å². The average molecular weight is 154 g/mol. The zero-order valence-electron chi connectivity index (χ0n) is 6.94. The summed E-state index contributed by atoms with van der Waals surface area (Å²) < 4.78 is 0. The van der Waals surface area contributed by atoms with Crippen molar-refractivity contribution < 1.29 is 0 Å². The number of amidine groups is 2. The predicted octanol–water partition coefficient (Wildman–Crippen LogP) is 0.460. The molecule has 1 aliphatic rings. The summed E-state index contributed by atoms with van der Waals surface area (Å²) in [6.07, 6.45) is 0. The molecule has 4 nitrogen and oxygen atoms in total. The van der Waals surface area contributed by atoms with E-state index in [9.17, 15) is 0 Å². The maximum atomic E-state index is 7.62. The molecule has 0 unspecified atom stereocenters. The van der Waals surface area contributed by atoms with Crippen LogP contribution in [0.5, 0.6) is 0 Å². The van der Waals surface area contributed by atoms with Crippen LogP contribution in [0.15, 0.2) is 0 Å². The van der Waals surface area contributed by atoms with Crippen molar-refractivity contribution in [2.45, 2.75) is 13.8 Å². The minimum atomic E-state index is 0.204. The Morgan fingerprint density at radius 2 is 2.27 bits per heavy atom. The van der Waals surface area contributed by atoms with Gasteiger partial charge in [-0.25, -0.2) is 0 Å². The molecule has 1 aliphatic heterocycles. The Morgan fingerprint density at radius 3 is 2.64 bits per heavy atom. The van der Waals surface area contributed by atoms with Gasteiger partial charge in [0, 0.05) is 5.92 Å². The standard InChI is InChI=1S/C7H14N4/c1-5(2)7(9)11-4-10-3-6(11)8/h5,8-10H,3-4H2,1-2H3. The number of hydrogen-bond donors (Lipinski definition) is 3. The van der Waals surface area contributed by atoms with Gasteiger partial charge < -0.3 is 4.90 Å². The predicted molar refractivity (Wildman–Crippen MR) is 45.0 cm³/mol. The van der Waals surface area contributed by atoms with Gasteiger partial charge in [-0.1, -0.05) is 13.8 Å². The Labute approximate surface area is 66.6 Å². The van der Waals surface area contributed by atoms with Crippen molar-refractivity contribution in [3.8, 4) is 0 Å². The van der Waals surface area contributed by atoms with Crippen LogP contribution >= 0.6 is 0 Å². The van der Waals surface area contributed by atoms with Crippen molar-refractivity contribution in [2.75, 3.05) is 13.2 Å². The van der Waals surface area contributed by atoms with E-state index in [1.54, 1.807) is 4.90 Å². The summed E-state index contributed by atoms with van der Waals surface area (Å²) in [5.41, 5.74) is 0. The normalized spacial score (nSPS) is 18.1. The second-order valence-corrected chi connectivity index (χ2v) is 3.00. The first-order valence-corrected chi connectivity index (χ1v) is 3.77. The van der Waals surface area contributed by atoms with Crippen molar-refractivity contribution in [2.24, 2.45) is 5.92 Å². The van der Waals surface area contributed by atoms with E-state index >= 15 is 0 Å². The molecule has 0 amide bonds. The quantitative estimate of drug-likeness (QED) is 0.379. The van der Waals surface area contributed by atoms with Gasteiger partial charge in [-0.3, -0.25) is 16.1 Å². The van der Waals surface area contributed by atoms with Crippen molar-refractivity contribution in [3.05, 3.63) is 0 Å². The van der Waals surface area contributed by atoms with E-state index in [4.69, 9.17) is 10.8 Å². The van der Waals surface area contributed by atoms with Crippen LogP contribution in [0.2, 0.25) is 0 Å². The maximum Gasteiger partial charge on any atom is 0.117 e. The Balaban J connectivity index is 2.60. The summed E-state index contributed by atoms with van der Waals surface area (Å²) in [5, 5.41) is 18.1. The van der Waals surface area contributed by atoms with Gasteiger partial charge >= 0.3 is 0 Å². The fraction of sp³-hybridized carbons (Fsp3) is 0.714. The summed E-state index contributed by atoms with van der Waals surface area (Å²) in [7, 11) is 0. The number of nitrogens with one attached hydrogen (secondary N) is 3. The lowest BCUT2D eigenvalue weighted by molar-refractivity contribution is 0.571. The van der Waals surface area contributed by atoms with Crippen LogP contribution in [0.3, 0.4) is 0 Å². The van der Waals surface area contributed by atoms with Crippen LogP contribution in [-0.2, 0) is 0 Å². The van der Waals surface area contributed by atoms with Gasteiger partial charge in [-0.15, -0.1) is 0 Å². The lowest BCUT2D eigenvalue weighted by Crippen LogP contribution is -2.35. The zero-order valence-corrected chi connectivity index (χ0v) is 6.94. The summed E-state index contributed by atoms with van der Waals surface area (Å²) in [4.78, 5) is 1.70. The topological polar surface area (TPSA) is 63.0 Å². The molecule has 0 bridgehead atoms. The fourth-order valence-corrected chi connectivity index (χ4v) is 1.02. The molecule has 0 aliphatic carbocycles. The van der Waals surface area contributed by atoms with Crippen molar-refractivity contribution in [1.82, 2.24) is 10.2 Å². The third kappa shape index (κ3) is 1.57. The van der Waals surface area contributed by atoms with Gasteiger partial charge in [0.2, 0.25) is 0 Å². The molecule has 0 aromatic rings. The summed E-state index contributed by atoms with van der Waals surface area (Å²) in [6.45, 7) is 5.15. The first-order valence-electron chi connectivity index (χ1n) is 3.77. The van der Waals surface area contributed by atoms with Gasteiger partial charge in [-0.05, 0) is 0 Å². The van der Waals surface area contributed by atoms with Gasteiger partial charge in [0.15, 0.2) is 0 Å². The SMILES string of the molecule is CC(C)C(=N)N1CNCC1=N. The molecule has 3 N–H and O–H groups in total. The summed E-state index contributed by atoms with van der Waals surface area (Å²) >= 11 is 0. The highest BCUT2D eigenvalue weighted by atomic mass is 15.3. The fourth-order valence-electron chi connectivity index (χ4n) is 1.02. The van der Waals surface area contributed by atoms with Gasteiger partial charge in [-0.2, -0.15) is 0 Å². The first kappa shape index (κ1) is 8.20. The second-order valence-electron chi connectivity index (χ2n) is 3.00. The average Bonchev–Trinajstić information content (AvgIpc) is 2.33. The Bertz CT molecular complexity index is 185. The molecule has 0 aromatic carbocycles. The Kier molecular flexibility index (Phi) is 2.24. The van der Waals surface area contributed by atoms with E-state index in [1.807, 2.05) is 13.8 Å². The van der Waals surface area contributed by atoms with E-state index in [2.05, 4.69) is 5.32 Å². The van der Waals surface area contributed by atoms with E-state index in [-0.39, 0.29) is 5.92 Å². The molecule has 0 radical (unpaired) electrons. The van der Waals surface area contributed by atoms with Crippen LogP contribution in [0.25, 0.3) is 0 Å². The minimum Gasteiger partial charge on any atom is -0.304 e. The van der Waals surface area contributed by atoms with Crippen LogP contribution < -0.4 is 5.32 Å². The van der Waals surface area contributed by atoms with E-state index in [1.165, 1.54) is 0 Å². The van der Waals surface area contributed by atoms with Crippen LogP contribution in [0.4, 0.5) is 0 Å². The minimum absolute atomic E-state index is 0.204. The molecule has 11 heavy (non-hydrogen) atoms. The monoisotopic (exact) mass is 154 g/mol. The molecule has 0 saturated carbocycles. The maximum absolute atomic E-state index is 7.62. The summed E-state index contributed by atoms with van der Waals surface area (Å²) in [5.74, 6) is 1.24. The molecule has 1 heterocycles. The largest absolute Gasteiger partial charge is 0.304 e. The van der Waals surface area contributed by atoms with Gasteiger partial charge in [0.05, 0.1) is 13.2 Å². The second kappa shape index (κ2) is 3.00. The smallest absolute Gasteiger partial charge is 0.117 e. The molecular weight excluding hydrogens is 140 g/mol. The number of rotatable bonds is 1. The van der Waals surface area contributed by atoms with E-state index in [0.29, 0.717) is 24.9 Å². The van der Waals surface area contributed by atoms with Gasteiger partial charge in [0.25, 0.3) is 0 Å². The molecular formula is C7H14N4. The molecule has 4 heteroatoms. The van der Waals surface area contributed by atoms with Crippen LogP contribution in [0.1, 0.15) is 13.8 Å². The molecule has 1 fully saturated rings. The highest BCUT2D eigenvalue weighted by molar-refractivity contribution is 6.00. The van der Waals surface area contributed by atoms with Crippen molar-refractivity contribution in [1.29, 1.82) is 10.8 Å². The van der Waals surface area contributed by atoms with Crippen molar-refractivity contribution in [3.63, 3.8) is 0 Å². The van der Waals surface area contributed by atoms with E-state index in [0.717, 1.165) is 0 Å². The molecule has 1 saturated heterocycles. The van der Waals surface area contributed by atoms with Crippen LogP contribution in [-0.4, -0.2) is 29.8 Å². The first-order chi connectivity index (χ1) is 5.13. The number of hydrogen-bond acceptors (Lipinski definition) is 3. The highest BCUT2D eigenvalue weighted by Gasteiger charge is 2.21. The summed E-state index contributed by atoms with van der Waals surface area (Å²) in [6, 6.07) is 0. The number of nitrogens with zero attached hydrogens (tertiary/aromatic N) is 1. The molecule has 1 rings (SSSR count). The lowest BCUT2D eigenvalue weighted by Gasteiger charge is -2.19. The lowest BCUT2D eigenvalue weighted by atomic mass is 10.2. The van der Waals surface area contributed by atoms with Crippen LogP contribution in [0, 0.1) is 16.7 Å². The Morgan fingerprint density at radius 1 is 1.64 bits per heavy atom. The third-order valence-corrected chi connectivity index (χ3v) is 1.73. The highest BCUT2D eigenvalue weighted by Crippen LogP contribution is 2.04. The third-order valence-electron chi connectivity index (χ3n) is 1.73.